The minimum atomic E-state index is -3.54. The van der Waals surface area contributed by atoms with Gasteiger partial charge in [-0.25, -0.2) is 13.1 Å². The van der Waals surface area contributed by atoms with Crippen LogP contribution in [0.3, 0.4) is 0 Å². The number of benzene rings is 1. The number of nitrogens with one attached hydrogen (secondary N) is 2. The van der Waals surface area contributed by atoms with Crippen LogP contribution < -0.4 is 10.0 Å². The molecule has 0 aliphatic carbocycles. The van der Waals surface area contributed by atoms with Crippen molar-refractivity contribution in [3.8, 4) is 0 Å². The van der Waals surface area contributed by atoms with E-state index in [0.29, 0.717) is 19.3 Å². The maximum Gasteiger partial charge on any atom is 0.240 e. The SMILES string of the molecule is CN(C)CC(=O)N[C@H]1CC[C@@H](CCNS(=O)(=O)c2ccccc2)O[C@H]1CO. The summed E-state index contributed by atoms with van der Waals surface area (Å²) in [6, 6.07) is 7.96. The van der Waals surface area contributed by atoms with E-state index in [2.05, 4.69) is 10.0 Å². The highest BCUT2D eigenvalue weighted by Gasteiger charge is 2.31. The average molecular weight is 400 g/mol. The molecule has 152 valence electrons. The lowest BCUT2D eigenvalue weighted by Gasteiger charge is -2.36. The Balaban J connectivity index is 1.80. The Kier molecular flexibility index (Phi) is 8.18. The minimum absolute atomic E-state index is 0.110. The molecule has 3 N–H and O–H groups in total. The first-order valence-electron chi connectivity index (χ1n) is 9.07. The predicted molar refractivity (Wildman–Crippen MR) is 102 cm³/mol. The van der Waals surface area contributed by atoms with Gasteiger partial charge in [-0.1, -0.05) is 18.2 Å². The third kappa shape index (κ3) is 6.86. The van der Waals surface area contributed by atoms with Gasteiger partial charge in [0.2, 0.25) is 15.9 Å². The van der Waals surface area contributed by atoms with Gasteiger partial charge in [0, 0.05) is 6.54 Å². The maximum atomic E-state index is 12.2. The lowest BCUT2D eigenvalue weighted by molar-refractivity contribution is -0.128. The van der Waals surface area contributed by atoms with Gasteiger partial charge in [-0.15, -0.1) is 0 Å². The third-order valence-electron chi connectivity index (χ3n) is 4.41. The Morgan fingerprint density at radius 1 is 1.26 bits per heavy atom. The monoisotopic (exact) mass is 399 g/mol. The van der Waals surface area contributed by atoms with Crippen LogP contribution >= 0.6 is 0 Å². The van der Waals surface area contributed by atoms with Crippen LogP contribution in [-0.2, 0) is 19.6 Å². The number of likely N-dealkylation sites (N-methyl/N-ethyl adjacent to an activating group) is 1. The van der Waals surface area contributed by atoms with E-state index >= 15 is 0 Å². The topological polar surface area (TPSA) is 108 Å². The van der Waals surface area contributed by atoms with Gasteiger partial charge in [0.05, 0.1) is 30.2 Å². The van der Waals surface area contributed by atoms with Crippen LogP contribution in [0.1, 0.15) is 19.3 Å². The fraction of sp³-hybridized carbons (Fsp3) is 0.611. The van der Waals surface area contributed by atoms with Crippen molar-refractivity contribution in [2.24, 2.45) is 0 Å². The fourth-order valence-corrected chi connectivity index (χ4v) is 4.15. The molecule has 0 aromatic heterocycles. The van der Waals surface area contributed by atoms with Crippen molar-refractivity contribution in [3.05, 3.63) is 30.3 Å². The van der Waals surface area contributed by atoms with E-state index in [-0.39, 0.29) is 42.6 Å². The first kappa shape index (κ1) is 21.8. The average Bonchev–Trinajstić information content (AvgIpc) is 2.62. The Hall–Kier alpha value is -1.52. The standard InChI is InChI=1S/C18H29N3O5S/c1-21(2)12-18(23)20-16-9-8-14(26-17(16)13-22)10-11-19-27(24,25)15-6-4-3-5-7-15/h3-7,14,16-17,19,22H,8-13H2,1-2H3,(H,20,23)/t14-,16-,17-/m0/s1. The van der Waals surface area contributed by atoms with Crippen LogP contribution in [0.5, 0.6) is 0 Å². The van der Waals surface area contributed by atoms with Crippen molar-refractivity contribution in [2.75, 3.05) is 33.8 Å². The van der Waals surface area contributed by atoms with Gasteiger partial charge in [0.1, 0.15) is 6.10 Å². The van der Waals surface area contributed by atoms with E-state index in [4.69, 9.17) is 4.74 Å². The molecule has 2 rings (SSSR count). The summed E-state index contributed by atoms with van der Waals surface area (Å²) in [5, 5.41) is 12.5. The zero-order valence-corrected chi connectivity index (χ0v) is 16.6. The highest BCUT2D eigenvalue weighted by atomic mass is 32.2. The van der Waals surface area contributed by atoms with E-state index in [1.54, 1.807) is 35.2 Å². The van der Waals surface area contributed by atoms with Gasteiger partial charge in [0.15, 0.2) is 0 Å². The zero-order valence-electron chi connectivity index (χ0n) is 15.8. The quantitative estimate of drug-likeness (QED) is 0.537. The third-order valence-corrected chi connectivity index (χ3v) is 5.89. The van der Waals surface area contributed by atoms with Crippen LogP contribution in [0.4, 0.5) is 0 Å². The van der Waals surface area contributed by atoms with E-state index in [1.807, 2.05) is 14.1 Å². The molecule has 0 spiro atoms. The van der Waals surface area contributed by atoms with Crippen LogP contribution in [0.25, 0.3) is 0 Å². The maximum absolute atomic E-state index is 12.2. The van der Waals surface area contributed by atoms with Crippen LogP contribution in [-0.4, -0.2) is 76.4 Å². The van der Waals surface area contributed by atoms with Gasteiger partial charge in [-0.3, -0.25) is 4.79 Å². The predicted octanol–water partition coefficient (Wildman–Crippen LogP) is -0.0587. The van der Waals surface area contributed by atoms with Crippen molar-refractivity contribution < 1.29 is 23.1 Å². The van der Waals surface area contributed by atoms with Crippen molar-refractivity contribution in [2.45, 2.75) is 42.4 Å². The number of ether oxygens (including phenoxy) is 1. The fourth-order valence-electron chi connectivity index (χ4n) is 3.09. The highest BCUT2D eigenvalue weighted by molar-refractivity contribution is 7.89. The Morgan fingerprint density at radius 3 is 2.59 bits per heavy atom. The van der Waals surface area contributed by atoms with Crippen LogP contribution in [0, 0.1) is 0 Å². The first-order valence-corrected chi connectivity index (χ1v) is 10.5. The number of hydrogen-bond donors (Lipinski definition) is 3. The summed E-state index contributed by atoms with van der Waals surface area (Å²) in [5.74, 6) is -0.110. The molecule has 0 radical (unpaired) electrons. The summed E-state index contributed by atoms with van der Waals surface area (Å²) in [7, 11) is 0.0900. The molecule has 0 saturated carbocycles. The van der Waals surface area contributed by atoms with Gasteiger partial charge >= 0.3 is 0 Å². The lowest BCUT2D eigenvalue weighted by Crippen LogP contribution is -2.52. The molecule has 9 heteroatoms. The van der Waals surface area contributed by atoms with Crippen LogP contribution in [0.2, 0.25) is 0 Å². The van der Waals surface area contributed by atoms with E-state index in [0.717, 1.165) is 0 Å². The molecular formula is C18H29N3O5S. The van der Waals surface area contributed by atoms with Gasteiger partial charge < -0.3 is 20.1 Å². The molecule has 1 aromatic carbocycles. The van der Waals surface area contributed by atoms with Crippen molar-refractivity contribution >= 4 is 15.9 Å². The zero-order chi connectivity index (χ0) is 19.9. The normalized spacial score (nSPS) is 23.3. The summed E-state index contributed by atoms with van der Waals surface area (Å²) in [6.07, 6.45) is 1.22. The van der Waals surface area contributed by atoms with Gasteiger partial charge in [0.25, 0.3) is 0 Å². The lowest BCUT2D eigenvalue weighted by atomic mass is 9.97. The number of rotatable bonds is 9. The molecule has 8 nitrogen and oxygen atoms in total. The summed E-state index contributed by atoms with van der Waals surface area (Å²) in [4.78, 5) is 13.9. The Morgan fingerprint density at radius 2 is 1.96 bits per heavy atom. The Labute approximate surface area is 160 Å². The molecular weight excluding hydrogens is 370 g/mol. The second kappa shape index (κ2) is 10.1. The molecule has 27 heavy (non-hydrogen) atoms. The second-order valence-electron chi connectivity index (χ2n) is 6.97. The van der Waals surface area contributed by atoms with Crippen molar-refractivity contribution in [1.82, 2.24) is 14.9 Å². The Bertz CT molecular complexity index is 696. The molecule has 1 saturated heterocycles. The van der Waals surface area contributed by atoms with E-state index < -0.39 is 16.1 Å². The molecule has 1 heterocycles. The number of nitrogens with zero attached hydrogens (tertiary/aromatic N) is 1. The number of amides is 1. The van der Waals surface area contributed by atoms with Gasteiger partial charge in [-0.05, 0) is 45.5 Å². The largest absolute Gasteiger partial charge is 0.394 e. The molecule has 0 unspecified atom stereocenters. The smallest absolute Gasteiger partial charge is 0.240 e. The molecule has 1 fully saturated rings. The molecule has 1 amide bonds. The molecule has 1 aromatic rings. The van der Waals surface area contributed by atoms with Crippen LogP contribution in [0.15, 0.2) is 35.2 Å². The number of aliphatic hydroxyl groups excluding tert-OH is 1. The molecule has 1 aliphatic heterocycles. The summed E-state index contributed by atoms with van der Waals surface area (Å²) < 4.78 is 32.9. The molecule has 0 bridgehead atoms. The number of carbonyl (C=O) groups excluding carboxylic acids is 1. The summed E-state index contributed by atoms with van der Waals surface area (Å²) >= 11 is 0. The minimum Gasteiger partial charge on any atom is -0.394 e. The molecule has 3 atom stereocenters. The number of sulfonamides is 1. The first-order chi connectivity index (χ1) is 12.8. The summed E-state index contributed by atoms with van der Waals surface area (Å²) in [6.45, 7) is 0.330. The number of hydrogen-bond acceptors (Lipinski definition) is 6. The number of carbonyl (C=O) groups is 1. The molecule has 1 aliphatic rings. The van der Waals surface area contributed by atoms with E-state index in [1.165, 1.54) is 0 Å². The summed E-state index contributed by atoms with van der Waals surface area (Å²) in [5.41, 5.74) is 0. The highest BCUT2D eigenvalue weighted by Crippen LogP contribution is 2.22. The van der Waals surface area contributed by atoms with Crippen molar-refractivity contribution in [3.63, 3.8) is 0 Å². The number of aliphatic hydroxyl groups is 1. The van der Waals surface area contributed by atoms with Gasteiger partial charge in [-0.2, -0.15) is 0 Å². The van der Waals surface area contributed by atoms with E-state index in [9.17, 15) is 18.3 Å². The second-order valence-corrected chi connectivity index (χ2v) is 8.73. The van der Waals surface area contributed by atoms with Crippen molar-refractivity contribution in [1.29, 1.82) is 0 Å².